The molecule has 0 saturated carbocycles. The fraction of sp³-hybridized carbons (Fsp3) is 0.381. The Hall–Kier alpha value is -2.87. The number of aliphatic imine (C=N–C) groups is 1. The standard InChI is InChI=1S/C21H28N6OS/c1-5-18-10-11-19(29-18)13-23-21(24-14-20-26-25-15(2)27(20)3)22-12-16-6-8-17(28-4)9-7-16/h6-11H,5,12-14H2,1-4H3,(H2,22,23,24). The van der Waals surface area contributed by atoms with Crippen molar-refractivity contribution in [3.8, 4) is 5.75 Å². The van der Waals surface area contributed by atoms with Gasteiger partial charge in [-0.3, -0.25) is 0 Å². The van der Waals surface area contributed by atoms with Crippen LogP contribution in [-0.4, -0.2) is 27.8 Å². The summed E-state index contributed by atoms with van der Waals surface area (Å²) in [6.45, 7) is 5.97. The van der Waals surface area contributed by atoms with Crippen molar-refractivity contribution < 1.29 is 4.74 Å². The molecule has 0 aliphatic heterocycles. The number of nitrogens with one attached hydrogen (secondary N) is 2. The van der Waals surface area contributed by atoms with Crippen LogP contribution >= 0.6 is 11.3 Å². The molecule has 2 heterocycles. The molecule has 0 unspecified atom stereocenters. The number of ether oxygens (including phenoxy) is 1. The van der Waals surface area contributed by atoms with E-state index in [2.05, 4.69) is 39.9 Å². The zero-order valence-corrected chi connectivity index (χ0v) is 18.2. The first-order valence-corrected chi connectivity index (χ1v) is 10.5. The third-order valence-corrected chi connectivity index (χ3v) is 5.90. The third kappa shape index (κ3) is 5.80. The van der Waals surface area contributed by atoms with Crippen LogP contribution in [0.15, 0.2) is 41.4 Å². The average molecular weight is 413 g/mol. The second-order valence-corrected chi connectivity index (χ2v) is 7.92. The van der Waals surface area contributed by atoms with Crippen molar-refractivity contribution in [2.45, 2.75) is 39.9 Å². The number of rotatable bonds is 8. The molecule has 0 aliphatic rings. The third-order valence-electron chi connectivity index (χ3n) is 4.67. The molecule has 0 spiro atoms. The summed E-state index contributed by atoms with van der Waals surface area (Å²) in [5.74, 6) is 3.34. The maximum atomic E-state index is 5.22. The molecule has 0 radical (unpaired) electrons. The number of aryl methyl sites for hydroxylation is 2. The Bertz CT molecular complexity index is 944. The molecule has 2 N–H and O–H groups in total. The summed E-state index contributed by atoms with van der Waals surface area (Å²) in [6.07, 6.45) is 1.06. The number of thiophene rings is 1. The second kappa shape index (κ2) is 10.1. The summed E-state index contributed by atoms with van der Waals surface area (Å²) in [5.41, 5.74) is 1.12. The molecular weight excluding hydrogens is 384 g/mol. The average Bonchev–Trinajstić information content (AvgIpc) is 3.34. The largest absolute Gasteiger partial charge is 0.497 e. The molecule has 8 heteroatoms. The number of benzene rings is 1. The number of aromatic nitrogens is 3. The van der Waals surface area contributed by atoms with Crippen LogP contribution in [0.1, 0.15) is 33.9 Å². The number of methoxy groups -OCH3 is 1. The van der Waals surface area contributed by atoms with E-state index < -0.39 is 0 Å². The first-order chi connectivity index (χ1) is 14.1. The number of hydrogen-bond acceptors (Lipinski definition) is 5. The van der Waals surface area contributed by atoms with Crippen LogP contribution in [0.3, 0.4) is 0 Å². The highest BCUT2D eigenvalue weighted by Gasteiger charge is 2.07. The number of nitrogens with zero attached hydrogens (tertiary/aromatic N) is 4. The molecule has 0 fully saturated rings. The first kappa shape index (κ1) is 20.9. The fourth-order valence-electron chi connectivity index (χ4n) is 2.72. The van der Waals surface area contributed by atoms with Crippen LogP contribution in [0.25, 0.3) is 0 Å². The SMILES string of the molecule is CCc1ccc(CNC(=NCc2ccc(OC)cc2)NCc2nnc(C)n2C)s1. The van der Waals surface area contributed by atoms with E-state index in [9.17, 15) is 0 Å². The molecule has 0 aliphatic carbocycles. The highest BCUT2D eigenvalue weighted by atomic mass is 32.1. The highest BCUT2D eigenvalue weighted by Crippen LogP contribution is 2.16. The molecule has 1 aromatic carbocycles. The van der Waals surface area contributed by atoms with Gasteiger partial charge in [-0.25, -0.2) is 4.99 Å². The van der Waals surface area contributed by atoms with Crippen LogP contribution in [0.4, 0.5) is 0 Å². The summed E-state index contributed by atoms with van der Waals surface area (Å²) in [7, 11) is 3.63. The Morgan fingerprint density at radius 2 is 1.79 bits per heavy atom. The van der Waals surface area contributed by atoms with Gasteiger partial charge in [0.15, 0.2) is 11.8 Å². The quantitative estimate of drug-likeness (QED) is 0.439. The summed E-state index contributed by atoms with van der Waals surface area (Å²) < 4.78 is 7.19. The lowest BCUT2D eigenvalue weighted by molar-refractivity contribution is 0.414. The minimum absolute atomic E-state index is 0.552. The Labute approximate surface area is 175 Å². The van der Waals surface area contributed by atoms with Gasteiger partial charge in [-0.1, -0.05) is 19.1 Å². The van der Waals surface area contributed by atoms with E-state index in [1.807, 2.05) is 54.1 Å². The van der Waals surface area contributed by atoms with Gasteiger partial charge in [0.2, 0.25) is 0 Å². The monoisotopic (exact) mass is 412 g/mol. The van der Waals surface area contributed by atoms with Crippen molar-refractivity contribution >= 4 is 17.3 Å². The Balaban J connectivity index is 1.67. The van der Waals surface area contributed by atoms with Crippen molar-refractivity contribution in [3.63, 3.8) is 0 Å². The minimum Gasteiger partial charge on any atom is -0.497 e. The topological polar surface area (TPSA) is 76.4 Å². The smallest absolute Gasteiger partial charge is 0.192 e. The van der Waals surface area contributed by atoms with Gasteiger partial charge in [0.1, 0.15) is 11.6 Å². The number of hydrogen-bond donors (Lipinski definition) is 2. The fourth-order valence-corrected chi connectivity index (χ4v) is 3.62. The summed E-state index contributed by atoms with van der Waals surface area (Å²) in [4.78, 5) is 7.42. The van der Waals surface area contributed by atoms with Gasteiger partial charge in [-0.2, -0.15) is 0 Å². The van der Waals surface area contributed by atoms with Crippen LogP contribution in [0, 0.1) is 6.92 Å². The van der Waals surface area contributed by atoms with E-state index in [0.717, 1.165) is 41.9 Å². The lowest BCUT2D eigenvalue weighted by atomic mass is 10.2. The molecule has 3 rings (SSSR count). The molecule has 7 nitrogen and oxygen atoms in total. The minimum atomic E-state index is 0.552. The van der Waals surface area contributed by atoms with Crippen molar-refractivity contribution in [3.05, 3.63) is 63.4 Å². The van der Waals surface area contributed by atoms with Crippen molar-refractivity contribution in [2.24, 2.45) is 12.0 Å². The Morgan fingerprint density at radius 1 is 1.07 bits per heavy atom. The zero-order chi connectivity index (χ0) is 20.6. The molecule has 0 atom stereocenters. The first-order valence-electron chi connectivity index (χ1n) is 9.66. The van der Waals surface area contributed by atoms with Crippen LogP contribution < -0.4 is 15.4 Å². The van der Waals surface area contributed by atoms with E-state index in [1.165, 1.54) is 9.75 Å². The second-order valence-electron chi connectivity index (χ2n) is 6.66. The van der Waals surface area contributed by atoms with E-state index in [0.29, 0.717) is 13.1 Å². The van der Waals surface area contributed by atoms with Crippen molar-refractivity contribution in [1.82, 2.24) is 25.4 Å². The van der Waals surface area contributed by atoms with Crippen LogP contribution in [0.2, 0.25) is 0 Å². The van der Waals surface area contributed by atoms with E-state index >= 15 is 0 Å². The van der Waals surface area contributed by atoms with Crippen LogP contribution in [0.5, 0.6) is 5.75 Å². The van der Waals surface area contributed by atoms with E-state index in [4.69, 9.17) is 9.73 Å². The number of guanidine groups is 1. The summed E-state index contributed by atoms with van der Waals surface area (Å²) in [5, 5.41) is 15.1. The molecule has 0 amide bonds. The predicted molar refractivity (Wildman–Crippen MR) is 117 cm³/mol. The molecule has 154 valence electrons. The van der Waals surface area contributed by atoms with Crippen LogP contribution in [-0.2, 0) is 33.1 Å². The zero-order valence-electron chi connectivity index (χ0n) is 17.4. The van der Waals surface area contributed by atoms with Crippen molar-refractivity contribution in [2.75, 3.05) is 7.11 Å². The normalized spacial score (nSPS) is 11.5. The maximum absolute atomic E-state index is 5.22. The van der Waals surface area contributed by atoms with Crippen molar-refractivity contribution in [1.29, 1.82) is 0 Å². The molecule has 2 aromatic heterocycles. The van der Waals surface area contributed by atoms with Gasteiger partial charge >= 0.3 is 0 Å². The lowest BCUT2D eigenvalue weighted by Crippen LogP contribution is -2.37. The van der Waals surface area contributed by atoms with Gasteiger partial charge in [-0.15, -0.1) is 21.5 Å². The summed E-state index contributed by atoms with van der Waals surface area (Å²) >= 11 is 1.83. The lowest BCUT2D eigenvalue weighted by Gasteiger charge is -2.12. The molecular formula is C21H28N6OS. The van der Waals surface area contributed by atoms with Gasteiger partial charge < -0.3 is 19.9 Å². The molecule has 0 bridgehead atoms. The Kier molecular flexibility index (Phi) is 7.24. The Morgan fingerprint density at radius 3 is 2.41 bits per heavy atom. The summed E-state index contributed by atoms with van der Waals surface area (Å²) in [6, 6.07) is 12.3. The molecule has 0 saturated heterocycles. The molecule has 3 aromatic rings. The van der Waals surface area contributed by atoms with E-state index in [-0.39, 0.29) is 0 Å². The van der Waals surface area contributed by atoms with E-state index in [1.54, 1.807) is 7.11 Å². The van der Waals surface area contributed by atoms with Gasteiger partial charge in [0.05, 0.1) is 26.7 Å². The van der Waals surface area contributed by atoms with Gasteiger partial charge in [0.25, 0.3) is 0 Å². The highest BCUT2D eigenvalue weighted by molar-refractivity contribution is 7.11. The molecule has 29 heavy (non-hydrogen) atoms. The maximum Gasteiger partial charge on any atom is 0.192 e. The predicted octanol–water partition coefficient (Wildman–Crippen LogP) is 3.19. The van der Waals surface area contributed by atoms with Gasteiger partial charge in [-0.05, 0) is 43.2 Å². The van der Waals surface area contributed by atoms with Gasteiger partial charge in [0, 0.05) is 16.8 Å².